The van der Waals surface area contributed by atoms with Crippen molar-refractivity contribution >= 4 is 0 Å². The summed E-state index contributed by atoms with van der Waals surface area (Å²) in [5.41, 5.74) is 0. The standard InChI is InChI=1S/C9H18F3NO2/c1-7(2)13(4-3-5-14)6-8(15)9(10,11)12/h7-8,14-15H,3-6H2,1-2H3. The van der Waals surface area contributed by atoms with E-state index in [4.69, 9.17) is 10.2 Å². The lowest BCUT2D eigenvalue weighted by Crippen LogP contribution is -2.44. The van der Waals surface area contributed by atoms with E-state index in [0.717, 1.165) is 0 Å². The van der Waals surface area contributed by atoms with Crippen molar-refractivity contribution in [2.45, 2.75) is 38.6 Å². The summed E-state index contributed by atoms with van der Waals surface area (Å²) in [5, 5.41) is 17.5. The van der Waals surface area contributed by atoms with Crippen LogP contribution in [0.1, 0.15) is 20.3 Å². The molecule has 0 rings (SSSR count). The fraction of sp³-hybridized carbons (Fsp3) is 1.00. The van der Waals surface area contributed by atoms with E-state index in [1.807, 2.05) is 0 Å². The normalized spacial score (nSPS) is 15.0. The molecule has 0 fully saturated rings. The van der Waals surface area contributed by atoms with Crippen LogP contribution in [-0.2, 0) is 0 Å². The monoisotopic (exact) mass is 229 g/mol. The van der Waals surface area contributed by atoms with Crippen molar-refractivity contribution in [2.24, 2.45) is 0 Å². The van der Waals surface area contributed by atoms with Gasteiger partial charge in [-0.1, -0.05) is 0 Å². The fourth-order valence-electron chi connectivity index (χ4n) is 1.16. The van der Waals surface area contributed by atoms with Crippen molar-refractivity contribution in [3.63, 3.8) is 0 Å². The second kappa shape index (κ2) is 6.30. The van der Waals surface area contributed by atoms with E-state index >= 15 is 0 Å². The summed E-state index contributed by atoms with van der Waals surface area (Å²) in [5.74, 6) is 0. The minimum absolute atomic E-state index is 0.0642. The van der Waals surface area contributed by atoms with Crippen LogP contribution in [0.15, 0.2) is 0 Å². The van der Waals surface area contributed by atoms with E-state index in [9.17, 15) is 13.2 Å². The minimum atomic E-state index is -4.58. The Morgan fingerprint density at radius 2 is 1.80 bits per heavy atom. The van der Waals surface area contributed by atoms with E-state index in [2.05, 4.69) is 0 Å². The molecule has 0 aromatic carbocycles. The van der Waals surface area contributed by atoms with Gasteiger partial charge >= 0.3 is 6.18 Å². The first kappa shape index (κ1) is 14.7. The Kier molecular flexibility index (Phi) is 6.16. The van der Waals surface area contributed by atoms with E-state index < -0.39 is 18.8 Å². The third kappa shape index (κ3) is 5.96. The van der Waals surface area contributed by atoms with Gasteiger partial charge in [0.15, 0.2) is 6.10 Å². The SMILES string of the molecule is CC(C)N(CCCO)CC(O)C(F)(F)F. The van der Waals surface area contributed by atoms with Gasteiger partial charge in [0.2, 0.25) is 0 Å². The topological polar surface area (TPSA) is 43.7 Å². The van der Waals surface area contributed by atoms with Gasteiger partial charge in [0, 0.05) is 25.7 Å². The van der Waals surface area contributed by atoms with Crippen LogP contribution in [0.5, 0.6) is 0 Å². The first-order valence-corrected chi connectivity index (χ1v) is 4.88. The number of hydrogen-bond donors (Lipinski definition) is 2. The molecule has 6 heteroatoms. The van der Waals surface area contributed by atoms with Gasteiger partial charge in [0.1, 0.15) is 0 Å². The summed E-state index contributed by atoms with van der Waals surface area (Å²) in [6, 6.07) is -0.0893. The smallest absolute Gasteiger partial charge is 0.396 e. The third-order valence-electron chi connectivity index (χ3n) is 2.12. The van der Waals surface area contributed by atoms with Crippen LogP contribution in [0.2, 0.25) is 0 Å². The second-order valence-electron chi connectivity index (χ2n) is 3.72. The molecule has 1 unspecified atom stereocenters. The molecule has 0 saturated heterocycles. The molecule has 0 heterocycles. The Morgan fingerprint density at radius 1 is 1.27 bits per heavy atom. The first-order valence-electron chi connectivity index (χ1n) is 4.88. The van der Waals surface area contributed by atoms with Crippen LogP contribution in [0.4, 0.5) is 13.2 Å². The van der Waals surface area contributed by atoms with E-state index in [1.165, 1.54) is 4.90 Å². The zero-order valence-corrected chi connectivity index (χ0v) is 8.96. The molecule has 0 saturated carbocycles. The molecule has 3 nitrogen and oxygen atoms in total. The number of nitrogens with zero attached hydrogens (tertiary/aromatic N) is 1. The summed E-state index contributed by atoms with van der Waals surface area (Å²) in [7, 11) is 0. The lowest BCUT2D eigenvalue weighted by Gasteiger charge is -2.29. The van der Waals surface area contributed by atoms with Crippen molar-refractivity contribution in [1.82, 2.24) is 4.90 Å². The Bertz CT molecular complexity index is 173. The highest BCUT2D eigenvalue weighted by molar-refractivity contribution is 4.73. The fourth-order valence-corrected chi connectivity index (χ4v) is 1.16. The summed E-state index contributed by atoms with van der Waals surface area (Å²) in [4.78, 5) is 1.49. The van der Waals surface area contributed by atoms with Crippen LogP contribution in [0, 0.1) is 0 Å². The summed E-state index contributed by atoms with van der Waals surface area (Å²) in [6.45, 7) is 3.34. The Hall–Kier alpha value is -0.330. The van der Waals surface area contributed by atoms with Crippen LogP contribution < -0.4 is 0 Å². The van der Waals surface area contributed by atoms with Gasteiger partial charge in [-0.05, 0) is 20.3 Å². The highest BCUT2D eigenvalue weighted by Crippen LogP contribution is 2.21. The Balaban J connectivity index is 4.16. The van der Waals surface area contributed by atoms with E-state index in [1.54, 1.807) is 13.8 Å². The van der Waals surface area contributed by atoms with Crippen LogP contribution in [-0.4, -0.2) is 53.1 Å². The number of hydrogen-bond acceptors (Lipinski definition) is 3. The molecule has 0 spiro atoms. The molecule has 0 aliphatic carbocycles. The van der Waals surface area contributed by atoms with E-state index in [-0.39, 0.29) is 12.6 Å². The van der Waals surface area contributed by atoms with Crippen LogP contribution >= 0.6 is 0 Å². The maximum atomic E-state index is 12.1. The molecule has 1 atom stereocenters. The van der Waals surface area contributed by atoms with Gasteiger partial charge < -0.3 is 10.2 Å². The summed E-state index contributed by atoms with van der Waals surface area (Å²) >= 11 is 0. The van der Waals surface area contributed by atoms with Crippen molar-refractivity contribution in [2.75, 3.05) is 19.7 Å². The van der Waals surface area contributed by atoms with Crippen molar-refractivity contribution in [3.05, 3.63) is 0 Å². The van der Waals surface area contributed by atoms with Crippen LogP contribution in [0.25, 0.3) is 0 Å². The van der Waals surface area contributed by atoms with Gasteiger partial charge in [-0.3, -0.25) is 4.90 Å². The number of halogens is 3. The molecule has 0 bridgehead atoms. The number of alkyl halides is 3. The predicted octanol–water partition coefficient (Wildman–Crippen LogP) is 1.00. The third-order valence-corrected chi connectivity index (χ3v) is 2.12. The van der Waals surface area contributed by atoms with Gasteiger partial charge in [-0.15, -0.1) is 0 Å². The molecule has 2 N–H and O–H groups in total. The van der Waals surface area contributed by atoms with Gasteiger partial charge in [0.25, 0.3) is 0 Å². The van der Waals surface area contributed by atoms with Crippen molar-refractivity contribution in [3.8, 4) is 0 Å². The maximum Gasteiger partial charge on any atom is 0.415 e. The molecule has 15 heavy (non-hydrogen) atoms. The first-order chi connectivity index (χ1) is 6.79. The zero-order valence-electron chi connectivity index (χ0n) is 8.96. The number of aliphatic hydroxyl groups is 2. The van der Waals surface area contributed by atoms with Crippen molar-refractivity contribution < 1.29 is 23.4 Å². The molecule has 0 aliphatic heterocycles. The highest BCUT2D eigenvalue weighted by Gasteiger charge is 2.39. The molecule has 0 aromatic heterocycles. The average molecular weight is 229 g/mol. The highest BCUT2D eigenvalue weighted by atomic mass is 19.4. The van der Waals surface area contributed by atoms with Gasteiger partial charge in [0.05, 0.1) is 0 Å². The summed E-state index contributed by atoms with van der Waals surface area (Å²) < 4.78 is 36.2. The number of rotatable bonds is 6. The van der Waals surface area contributed by atoms with E-state index in [0.29, 0.717) is 13.0 Å². The average Bonchev–Trinajstić information content (AvgIpc) is 2.09. The van der Waals surface area contributed by atoms with Gasteiger partial charge in [-0.25, -0.2) is 0 Å². The maximum absolute atomic E-state index is 12.1. The lowest BCUT2D eigenvalue weighted by atomic mass is 10.2. The van der Waals surface area contributed by atoms with Crippen LogP contribution in [0.3, 0.4) is 0 Å². The Labute approximate surface area is 87.5 Å². The lowest BCUT2D eigenvalue weighted by molar-refractivity contribution is -0.209. The molecule has 0 radical (unpaired) electrons. The predicted molar refractivity (Wildman–Crippen MR) is 50.5 cm³/mol. The van der Waals surface area contributed by atoms with Crippen molar-refractivity contribution in [1.29, 1.82) is 0 Å². The minimum Gasteiger partial charge on any atom is -0.396 e. The molecule has 0 aromatic rings. The largest absolute Gasteiger partial charge is 0.415 e. The zero-order chi connectivity index (χ0) is 12.1. The molecule has 0 aliphatic rings. The molecule has 0 amide bonds. The Morgan fingerprint density at radius 3 is 2.13 bits per heavy atom. The molecule has 92 valence electrons. The summed E-state index contributed by atoms with van der Waals surface area (Å²) in [6.07, 6.45) is -6.49. The second-order valence-corrected chi connectivity index (χ2v) is 3.72. The quantitative estimate of drug-likeness (QED) is 0.714. The number of aliphatic hydroxyl groups excluding tert-OH is 2. The molecular formula is C9H18F3NO2. The van der Waals surface area contributed by atoms with Gasteiger partial charge in [-0.2, -0.15) is 13.2 Å². The molecular weight excluding hydrogens is 211 g/mol.